The first-order valence-corrected chi connectivity index (χ1v) is 10.7. The molecule has 0 fully saturated rings. The van der Waals surface area contributed by atoms with Crippen molar-refractivity contribution in [2.45, 2.75) is 36.5 Å². The van der Waals surface area contributed by atoms with E-state index in [4.69, 9.17) is 0 Å². The van der Waals surface area contributed by atoms with E-state index in [1.54, 1.807) is 42.2 Å². The standard InChI is InChI=1S/C23H20F3N3OS/c1-15(21(30)29-12-11-16-7-5-6-10-18(16)14-29)31-22-27-19(17-8-3-2-4-9-17)13-20(28-22)23(24,25)26/h2-10,13,15H,11-12,14H2,1H3/t15-/m0/s1. The minimum Gasteiger partial charge on any atom is -0.337 e. The number of nitrogens with zero attached hydrogens (tertiary/aromatic N) is 3. The molecule has 0 aliphatic carbocycles. The molecule has 2 heterocycles. The second kappa shape index (κ2) is 8.70. The summed E-state index contributed by atoms with van der Waals surface area (Å²) < 4.78 is 40.2. The van der Waals surface area contributed by atoms with E-state index in [2.05, 4.69) is 16.0 Å². The van der Waals surface area contributed by atoms with Gasteiger partial charge in [-0.15, -0.1) is 0 Å². The maximum Gasteiger partial charge on any atom is 0.433 e. The van der Waals surface area contributed by atoms with Gasteiger partial charge in [0.1, 0.15) is 5.69 Å². The Balaban J connectivity index is 1.56. The minimum absolute atomic E-state index is 0.0630. The Hall–Kier alpha value is -2.87. The monoisotopic (exact) mass is 443 g/mol. The summed E-state index contributed by atoms with van der Waals surface area (Å²) in [6.07, 6.45) is -3.84. The molecule has 4 rings (SSSR count). The maximum absolute atomic E-state index is 13.4. The van der Waals surface area contributed by atoms with E-state index in [-0.39, 0.29) is 16.8 Å². The van der Waals surface area contributed by atoms with Gasteiger partial charge < -0.3 is 4.90 Å². The van der Waals surface area contributed by atoms with Crippen LogP contribution in [-0.2, 0) is 23.9 Å². The summed E-state index contributed by atoms with van der Waals surface area (Å²) >= 11 is 0.952. The Kier molecular flexibility index (Phi) is 6.00. The van der Waals surface area contributed by atoms with Gasteiger partial charge in [0.25, 0.3) is 0 Å². The fraction of sp³-hybridized carbons (Fsp3) is 0.261. The largest absolute Gasteiger partial charge is 0.433 e. The quantitative estimate of drug-likeness (QED) is 0.409. The maximum atomic E-state index is 13.4. The van der Waals surface area contributed by atoms with Crippen molar-refractivity contribution in [2.24, 2.45) is 0 Å². The summed E-state index contributed by atoms with van der Waals surface area (Å²) in [5.41, 5.74) is 2.04. The number of thioether (sulfide) groups is 1. The van der Waals surface area contributed by atoms with Gasteiger partial charge in [0.05, 0.1) is 10.9 Å². The van der Waals surface area contributed by atoms with Crippen molar-refractivity contribution < 1.29 is 18.0 Å². The van der Waals surface area contributed by atoms with Crippen molar-refractivity contribution in [1.29, 1.82) is 0 Å². The third kappa shape index (κ3) is 4.90. The number of alkyl halides is 3. The van der Waals surface area contributed by atoms with Gasteiger partial charge in [-0.3, -0.25) is 4.79 Å². The van der Waals surface area contributed by atoms with E-state index in [0.717, 1.165) is 29.8 Å². The zero-order chi connectivity index (χ0) is 22.0. The summed E-state index contributed by atoms with van der Waals surface area (Å²) in [7, 11) is 0. The number of halogens is 3. The highest BCUT2D eigenvalue weighted by molar-refractivity contribution is 8.00. The Morgan fingerprint density at radius 2 is 1.71 bits per heavy atom. The topological polar surface area (TPSA) is 46.1 Å². The van der Waals surface area contributed by atoms with Crippen LogP contribution in [0.25, 0.3) is 11.3 Å². The number of amides is 1. The van der Waals surface area contributed by atoms with Crippen LogP contribution in [0.5, 0.6) is 0 Å². The highest BCUT2D eigenvalue weighted by atomic mass is 32.2. The Labute approximate surface area is 182 Å². The number of carbonyl (C=O) groups excluding carboxylic acids is 1. The average Bonchev–Trinajstić information content (AvgIpc) is 2.78. The summed E-state index contributed by atoms with van der Waals surface area (Å²) in [5, 5.41) is -0.677. The van der Waals surface area contributed by atoms with Gasteiger partial charge in [-0.25, -0.2) is 9.97 Å². The van der Waals surface area contributed by atoms with Gasteiger partial charge >= 0.3 is 6.18 Å². The molecule has 2 aromatic carbocycles. The fourth-order valence-electron chi connectivity index (χ4n) is 3.53. The second-order valence-corrected chi connectivity index (χ2v) is 8.63. The number of rotatable bonds is 4. The van der Waals surface area contributed by atoms with E-state index < -0.39 is 17.1 Å². The van der Waals surface area contributed by atoms with Crippen LogP contribution in [0.4, 0.5) is 13.2 Å². The molecule has 1 amide bonds. The van der Waals surface area contributed by atoms with E-state index in [0.29, 0.717) is 18.7 Å². The summed E-state index contributed by atoms with van der Waals surface area (Å²) in [5.74, 6) is -0.137. The van der Waals surface area contributed by atoms with Crippen molar-refractivity contribution in [1.82, 2.24) is 14.9 Å². The molecule has 0 N–H and O–H groups in total. The molecule has 3 aromatic rings. The molecule has 0 radical (unpaired) electrons. The summed E-state index contributed by atoms with van der Waals surface area (Å²) in [6, 6.07) is 17.5. The van der Waals surface area contributed by atoms with Crippen molar-refractivity contribution in [2.75, 3.05) is 6.54 Å². The van der Waals surface area contributed by atoms with Crippen molar-refractivity contribution in [3.63, 3.8) is 0 Å². The minimum atomic E-state index is -4.61. The third-order valence-corrected chi connectivity index (χ3v) is 6.09. The Bertz CT molecular complexity index is 1090. The highest BCUT2D eigenvalue weighted by Crippen LogP contribution is 2.33. The number of carbonyl (C=O) groups is 1. The smallest absolute Gasteiger partial charge is 0.337 e. The van der Waals surface area contributed by atoms with Crippen LogP contribution in [0.2, 0.25) is 0 Å². The predicted octanol–water partition coefficient (Wildman–Crippen LogP) is 5.23. The SMILES string of the molecule is C[C@H](Sc1nc(-c2ccccc2)cc(C(F)(F)F)n1)C(=O)N1CCc2ccccc2C1. The number of hydrogen-bond acceptors (Lipinski definition) is 4. The number of fused-ring (bicyclic) bond motifs is 1. The number of aromatic nitrogens is 2. The molecule has 0 unspecified atom stereocenters. The van der Waals surface area contributed by atoms with Crippen molar-refractivity contribution in [3.05, 3.63) is 77.5 Å². The van der Waals surface area contributed by atoms with Crippen LogP contribution in [0, 0.1) is 0 Å². The third-order valence-electron chi connectivity index (χ3n) is 5.14. The van der Waals surface area contributed by atoms with Crippen LogP contribution in [-0.4, -0.2) is 32.6 Å². The molecule has 160 valence electrons. The molecule has 1 atom stereocenters. The normalized spacial score (nSPS) is 14.8. The first kappa shape index (κ1) is 21.4. The zero-order valence-electron chi connectivity index (χ0n) is 16.8. The molecule has 0 bridgehead atoms. The van der Waals surface area contributed by atoms with Gasteiger partial charge in [-0.2, -0.15) is 13.2 Å². The first-order chi connectivity index (χ1) is 14.8. The van der Waals surface area contributed by atoms with Crippen LogP contribution in [0.3, 0.4) is 0 Å². The molecular weight excluding hydrogens is 423 g/mol. The molecule has 31 heavy (non-hydrogen) atoms. The van der Waals surface area contributed by atoms with Crippen LogP contribution < -0.4 is 0 Å². The highest BCUT2D eigenvalue weighted by Gasteiger charge is 2.34. The molecular formula is C23H20F3N3OS. The first-order valence-electron chi connectivity index (χ1n) is 9.85. The van der Waals surface area contributed by atoms with E-state index in [1.807, 2.05) is 18.2 Å². The summed E-state index contributed by atoms with van der Waals surface area (Å²) in [4.78, 5) is 22.7. The van der Waals surface area contributed by atoms with Gasteiger partial charge in [-0.05, 0) is 30.5 Å². The Morgan fingerprint density at radius 1 is 1.03 bits per heavy atom. The molecule has 0 spiro atoms. The fourth-order valence-corrected chi connectivity index (χ4v) is 4.40. The van der Waals surface area contributed by atoms with Crippen LogP contribution >= 0.6 is 11.8 Å². The van der Waals surface area contributed by atoms with Gasteiger partial charge in [0.2, 0.25) is 5.91 Å². The van der Waals surface area contributed by atoms with E-state index in [1.165, 1.54) is 5.56 Å². The molecule has 1 aliphatic rings. The lowest BCUT2D eigenvalue weighted by Gasteiger charge is -2.30. The van der Waals surface area contributed by atoms with Crippen LogP contribution in [0.15, 0.2) is 65.8 Å². The van der Waals surface area contributed by atoms with Crippen molar-refractivity contribution in [3.8, 4) is 11.3 Å². The van der Waals surface area contributed by atoms with Crippen LogP contribution in [0.1, 0.15) is 23.7 Å². The van der Waals surface area contributed by atoms with E-state index >= 15 is 0 Å². The second-order valence-electron chi connectivity index (χ2n) is 7.32. The summed E-state index contributed by atoms with van der Waals surface area (Å²) in [6.45, 7) is 2.76. The molecule has 1 aromatic heterocycles. The Morgan fingerprint density at radius 3 is 2.42 bits per heavy atom. The molecule has 4 nitrogen and oxygen atoms in total. The lowest BCUT2D eigenvalue weighted by atomic mass is 10.00. The van der Waals surface area contributed by atoms with Gasteiger partial charge in [0.15, 0.2) is 5.16 Å². The zero-order valence-corrected chi connectivity index (χ0v) is 17.6. The van der Waals surface area contributed by atoms with E-state index in [9.17, 15) is 18.0 Å². The van der Waals surface area contributed by atoms with Gasteiger partial charge in [-0.1, -0.05) is 66.4 Å². The average molecular weight is 443 g/mol. The molecule has 0 saturated heterocycles. The van der Waals surface area contributed by atoms with Crippen molar-refractivity contribution >= 4 is 17.7 Å². The predicted molar refractivity (Wildman–Crippen MR) is 113 cm³/mol. The molecule has 0 saturated carbocycles. The molecule has 8 heteroatoms. The van der Waals surface area contributed by atoms with Gasteiger partial charge in [0, 0.05) is 18.7 Å². The lowest BCUT2D eigenvalue weighted by Crippen LogP contribution is -2.40. The molecule has 1 aliphatic heterocycles. The lowest BCUT2D eigenvalue weighted by molar-refractivity contribution is -0.141. The number of benzene rings is 2. The number of hydrogen-bond donors (Lipinski definition) is 0.